The van der Waals surface area contributed by atoms with Crippen molar-refractivity contribution in [2.45, 2.75) is 26.3 Å². The van der Waals surface area contributed by atoms with Crippen molar-refractivity contribution in [2.24, 2.45) is 4.99 Å². The van der Waals surface area contributed by atoms with E-state index in [-0.39, 0.29) is 0 Å². The number of benzene rings is 1. The van der Waals surface area contributed by atoms with Gasteiger partial charge in [0.15, 0.2) is 5.17 Å². The van der Waals surface area contributed by atoms with Crippen molar-refractivity contribution in [3.05, 3.63) is 35.9 Å². The van der Waals surface area contributed by atoms with Gasteiger partial charge in [0.1, 0.15) is 0 Å². The molecule has 0 radical (unpaired) electrons. The number of thioether (sulfide) groups is 1. The van der Waals surface area contributed by atoms with Crippen molar-refractivity contribution in [3.8, 4) is 0 Å². The second-order valence-corrected chi connectivity index (χ2v) is 5.99. The molecule has 0 aromatic heterocycles. The minimum atomic E-state index is 0.419. The van der Waals surface area contributed by atoms with Crippen LogP contribution in [-0.4, -0.2) is 42.0 Å². The molecule has 1 saturated heterocycles. The van der Waals surface area contributed by atoms with E-state index in [1.165, 1.54) is 5.56 Å². The van der Waals surface area contributed by atoms with Crippen LogP contribution in [0.15, 0.2) is 35.3 Å². The molecule has 110 valence electrons. The van der Waals surface area contributed by atoms with Crippen LogP contribution in [0.5, 0.6) is 0 Å². The molecule has 1 fully saturated rings. The van der Waals surface area contributed by atoms with Gasteiger partial charge in [-0.3, -0.25) is 4.99 Å². The zero-order chi connectivity index (χ0) is 14.2. The lowest BCUT2D eigenvalue weighted by molar-refractivity contribution is 0.302. The topological polar surface area (TPSA) is 27.6 Å². The highest BCUT2D eigenvalue weighted by Crippen LogP contribution is 2.25. The summed E-state index contributed by atoms with van der Waals surface area (Å²) in [6, 6.07) is 11.0. The fourth-order valence-electron chi connectivity index (χ4n) is 2.37. The van der Waals surface area contributed by atoms with E-state index < -0.39 is 0 Å². The minimum absolute atomic E-state index is 0.419. The van der Waals surface area contributed by atoms with Crippen molar-refractivity contribution in [1.82, 2.24) is 10.2 Å². The molecule has 0 aliphatic carbocycles. The molecule has 1 aliphatic heterocycles. The zero-order valence-electron chi connectivity index (χ0n) is 12.5. The van der Waals surface area contributed by atoms with Gasteiger partial charge in [-0.2, -0.15) is 0 Å². The summed E-state index contributed by atoms with van der Waals surface area (Å²) < 4.78 is 0. The standard InChI is InChI=1S/C16H25N3S/c1-3-19(4-2)12-8-11-17-16-18-15(13-20-16)14-9-6-5-7-10-14/h5-7,9-10,15H,3-4,8,11-13H2,1-2H3,(H,17,18). The highest BCUT2D eigenvalue weighted by Gasteiger charge is 2.21. The summed E-state index contributed by atoms with van der Waals surface area (Å²) in [5, 5.41) is 4.63. The van der Waals surface area contributed by atoms with Gasteiger partial charge in [0, 0.05) is 12.3 Å². The van der Waals surface area contributed by atoms with Crippen LogP contribution >= 0.6 is 11.8 Å². The smallest absolute Gasteiger partial charge is 0.157 e. The normalized spacial score (nSPS) is 20.6. The molecule has 1 N–H and O–H groups in total. The third-order valence-electron chi connectivity index (χ3n) is 3.67. The van der Waals surface area contributed by atoms with Crippen molar-refractivity contribution >= 4 is 16.9 Å². The van der Waals surface area contributed by atoms with Gasteiger partial charge in [0.25, 0.3) is 0 Å². The maximum atomic E-state index is 4.68. The van der Waals surface area contributed by atoms with Crippen LogP contribution < -0.4 is 5.32 Å². The summed E-state index contributed by atoms with van der Waals surface area (Å²) >= 11 is 1.84. The Labute approximate surface area is 126 Å². The molecule has 0 amide bonds. The SMILES string of the molecule is CCN(CC)CCCN=C1NC(c2ccccc2)CS1. The second-order valence-electron chi connectivity index (χ2n) is 4.99. The van der Waals surface area contributed by atoms with E-state index in [1.807, 2.05) is 11.8 Å². The largest absolute Gasteiger partial charge is 0.357 e. The first-order valence-corrected chi connectivity index (χ1v) is 8.53. The maximum Gasteiger partial charge on any atom is 0.157 e. The fourth-order valence-corrected chi connectivity index (χ4v) is 3.37. The van der Waals surface area contributed by atoms with E-state index in [0.29, 0.717) is 6.04 Å². The molecule has 4 heteroatoms. The summed E-state index contributed by atoms with van der Waals surface area (Å²) in [4.78, 5) is 7.13. The Kier molecular flexibility index (Phi) is 6.40. The minimum Gasteiger partial charge on any atom is -0.357 e. The lowest BCUT2D eigenvalue weighted by Gasteiger charge is -2.16. The van der Waals surface area contributed by atoms with Crippen molar-refractivity contribution in [3.63, 3.8) is 0 Å². The van der Waals surface area contributed by atoms with E-state index in [2.05, 4.69) is 59.4 Å². The molecule has 1 aromatic carbocycles. The summed E-state index contributed by atoms with van der Waals surface area (Å²) in [5.74, 6) is 1.08. The van der Waals surface area contributed by atoms with Crippen LogP contribution in [0.25, 0.3) is 0 Å². The van der Waals surface area contributed by atoms with E-state index in [0.717, 1.165) is 43.5 Å². The third kappa shape index (κ3) is 4.53. The Hall–Kier alpha value is -1.00. The van der Waals surface area contributed by atoms with Gasteiger partial charge >= 0.3 is 0 Å². The Morgan fingerprint density at radius 2 is 2.00 bits per heavy atom. The van der Waals surface area contributed by atoms with E-state index >= 15 is 0 Å². The number of amidine groups is 1. The van der Waals surface area contributed by atoms with Gasteiger partial charge < -0.3 is 10.2 Å². The number of nitrogens with one attached hydrogen (secondary N) is 1. The number of nitrogens with zero attached hydrogens (tertiary/aromatic N) is 2. The van der Waals surface area contributed by atoms with Crippen LogP contribution in [0.1, 0.15) is 31.9 Å². The first-order chi connectivity index (χ1) is 9.83. The maximum absolute atomic E-state index is 4.68. The van der Waals surface area contributed by atoms with E-state index in [1.54, 1.807) is 0 Å². The highest BCUT2D eigenvalue weighted by atomic mass is 32.2. The van der Waals surface area contributed by atoms with E-state index in [9.17, 15) is 0 Å². The van der Waals surface area contributed by atoms with Crippen molar-refractivity contribution in [2.75, 3.05) is 31.9 Å². The summed E-state index contributed by atoms with van der Waals surface area (Å²) in [7, 11) is 0. The molecule has 1 aliphatic rings. The molecule has 1 heterocycles. The average molecular weight is 291 g/mol. The van der Waals surface area contributed by atoms with Crippen LogP contribution in [0.3, 0.4) is 0 Å². The first kappa shape index (κ1) is 15.4. The summed E-state index contributed by atoms with van der Waals surface area (Å²) in [5.41, 5.74) is 1.35. The van der Waals surface area contributed by atoms with E-state index in [4.69, 9.17) is 0 Å². The predicted molar refractivity (Wildman–Crippen MR) is 89.5 cm³/mol. The monoisotopic (exact) mass is 291 g/mol. The second kappa shape index (κ2) is 8.32. The number of rotatable bonds is 7. The molecule has 0 bridgehead atoms. The molecular weight excluding hydrogens is 266 g/mol. The molecule has 1 aromatic rings. The molecule has 0 spiro atoms. The highest BCUT2D eigenvalue weighted by molar-refractivity contribution is 8.14. The quantitative estimate of drug-likeness (QED) is 0.782. The molecular formula is C16H25N3S. The van der Waals surface area contributed by atoms with Gasteiger partial charge in [0.2, 0.25) is 0 Å². The van der Waals surface area contributed by atoms with Crippen molar-refractivity contribution < 1.29 is 0 Å². The van der Waals surface area contributed by atoms with Crippen LogP contribution in [0.2, 0.25) is 0 Å². The predicted octanol–water partition coefficient (Wildman–Crippen LogP) is 3.15. The number of aliphatic imine (C=N–C) groups is 1. The average Bonchev–Trinajstić information content (AvgIpc) is 2.97. The van der Waals surface area contributed by atoms with Crippen LogP contribution in [0, 0.1) is 0 Å². The van der Waals surface area contributed by atoms with Crippen LogP contribution in [0.4, 0.5) is 0 Å². The zero-order valence-corrected chi connectivity index (χ0v) is 13.3. The van der Waals surface area contributed by atoms with Gasteiger partial charge in [-0.15, -0.1) is 0 Å². The summed E-state index contributed by atoms with van der Waals surface area (Å²) in [6.07, 6.45) is 1.14. The Balaban J connectivity index is 1.74. The molecule has 2 rings (SSSR count). The number of hydrogen-bond donors (Lipinski definition) is 1. The van der Waals surface area contributed by atoms with Gasteiger partial charge in [-0.1, -0.05) is 55.9 Å². The molecule has 0 saturated carbocycles. The molecule has 1 atom stereocenters. The number of hydrogen-bond acceptors (Lipinski definition) is 3. The molecule has 1 unspecified atom stereocenters. The van der Waals surface area contributed by atoms with Gasteiger partial charge in [0.05, 0.1) is 6.04 Å². The third-order valence-corrected chi connectivity index (χ3v) is 4.69. The first-order valence-electron chi connectivity index (χ1n) is 7.54. The van der Waals surface area contributed by atoms with Crippen LogP contribution in [-0.2, 0) is 0 Å². The van der Waals surface area contributed by atoms with Gasteiger partial charge in [-0.25, -0.2) is 0 Å². The van der Waals surface area contributed by atoms with Gasteiger partial charge in [-0.05, 0) is 31.6 Å². The fraction of sp³-hybridized carbons (Fsp3) is 0.562. The lowest BCUT2D eigenvalue weighted by Crippen LogP contribution is -2.24. The molecule has 3 nitrogen and oxygen atoms in total. The molecule has 20 heavy (non-hydrogen) atoms. The lowest BCUT2D eigenvalue weighted by atomic mass is 10.1. The Bertz CT molecular complexity index is 415. The Morgan fingerprint density at radius 1 is 1.25 bits per heavy atom. The van der Waals surface area contributed by atoms with Crippen molar-refractivity contribution in [1.29, 1.82) is 0 Å². The Morgan fingerprint density at radius 3 is 2.70 bits per heavy atom. The summed E-state index contributed by atoms with van der Waals surface area (Å²) in [6.45, 7) is 8.78.